The number of ether oxygens (including phenoxy) is 1. The van der Waals surface area contributed by atoms with Gasteiger partial charge >= 0.3 is 0 Å². The number of fused-ring (bicyclic) bond motifs is 1. The van der Waals surface area contributed by atoms with Crippen LogP contribution in [0.25, 0.3) is 17.4 Å². The van der Waals surface area contributed by atoms with E-state index in [4.69, 9.17) is 32.4 Å². The summed E-state index contributed by atoms with van der Waals surface area (Å²) in [5.41, 5.74) is 3.52. The molecule has 0 aliphatic carbocycles. The molecule has 4 rings (SSSR count). The summed E-state index contributed by atoms with van der Waals surface area (Å²) in [5, 5.41) is 0.939. The molecule has 2 aromatic carbocycles. The minimum atomic E-state index is -0.143. The first-order valence-corrected chi connectivity index (χ1v) is 8.79. The number of ketones is 1. The van der Waals surface area contributed by atoms with Gasteiger partial charge in [0.05, 0.1) is 15.6 Å². The number of aryl methyl sites for hydroxylation is 2. The first kappa shape index (κ1) is 17.0. The highest BCUT2D eigenvalue weighted by molar-refractivity contribution is 6.42. The SMILES string of the molecule is Cc1cc2c(cc1C)C(=O)/C(=C/c1ccc(-c3ccc(Cl)c(Cl)c3)o1)O2. The van der Waals surface area contributed by atoms with Crippen LogP contribution in [-0.4, -0.2) is 5.78 Å². The molecule has 3 aromatic rings. The molecule has 130 valence electrons. The lowest BCUT2D eigenvalue weighted by Gasteiger charge is -2.02. The van der Waals surface area contributed by atoms with Crippen molar-refractivity contribution in [1.82, 2.24) is 0 Å². The van der Waals surface area contributed by atoms with Gasteiger partial charge in [-0.1, -0.05) is 23.2 Å². The molecule has 0 unspecified atom stereocenters. The molecule has 0 saturated carbocycles. The van der Waals surface area contributed by atoms with Crippen molar-refractivity contribution in [3.63, 3.8) is 0 Å². The Labute approximate surface area is 160 Å². The second-order valence-electron chi connectivity index (χ2n) is 6.20. The lowest BCUT2D eigenvalue weighted by Crippen LogP contribution is -1.97. The van der Waals surface area contributed by atoms with Crippen molar-refractivity contribution < 1.29 is 13.9 Å². The molecule has 1 aliphatic heterocycles. The number of hydrogen-bond donors (Lipinski definition) is 0. The first-order chi connectivity index (χ1) is 12.4. The van der Waals surface area contributed by atoms with E-state index in [1.165, 1.54) is 0 Å². The third kappa shape index (κ3) is 2.94. The summed E-state index contributed by atoms with van der Waals surface area (Å²) in [6.07, 6.45) is 1.61. The third-order valence-corrected chi connectivity index (χ3v) is 5.13. The van der Waals surface area contributed by atoms with E-state index in [1.807, 2.05) is 38.1 Å². The molecule has 5 heteroatoms. The van der Waals surface area contributed by atoms with Gasteiger partial charge in [-0.05, 0) is 67.4 Å². The fourth-order valence-electron chi connectivity index (χ4n) is 2.81. The smallest absolute Gasteiger partial charge is 0.232 e. The first-order valence-electron chi connectivity index (χ1n) is 8.03. The van der Waals surface area contributed by atoms with Crippen LogP contribution in [-0.2, 0) is 0 Å². The number of carbonyl (C=O) groups excluding carboxylic acids is 1. The summed E-state index contributed by atoms with van der Waals surface area (Å²) in [4.78, 5) is 12.6. The molecule has 1 aliphatic rings. The number of benzene rings is 2. The van der Waals surface area contributed by atoms with Crippen molar-refractivity contribution in [2.45, 2.75) is 13.8 Å². The van der Waals surface area contributed by atoms with Crippen LogP contribution in [0.5, 0.6) is 5.75 Å². The number of hydrogen-bond acceptors (Lipinski definition) is 3. The number of Topliss-reactive ketones (excluding diaryl/α,β-unsaturated/α-hetero) is 1. The largest absolute Gasteiger partial charge is 0.457 e. The van der Waals surface area contributed by atoms with E-state index < -0.39 is 0 Å². The van der Waals surface area contributed by atoms with Crippen LogP contribution in [0.3, 0.4) is 0 Å². The van der Waals surface area contributed by atoms with Gasteiger partial charge in [-0.2, -0.15) is 0 Å². The fraction of sp³-hybridized carbons (Fsp3) is 0.0952. The Bertz CT molecular complexity index is 1080. The predicted molar refractivity (Wildman–Crippen MR) is 103 cm³/mol. The topological polar surface area (TPSA) is 39.4 Å². The maximum atomic E-state index is 12.6. The van der Waals surface area contributed by atoms with Gasteiger partial charge in [0.25, 0.3) is 0 Å². The van der Waals surface area contributed by atoms with Gasteiger partial charge in [0.15, 0.2) is 5.76 Å². The molecule has 0 bridgehead atoms. The molecule has 26 heavy (non-hydrogen) atoms. The molecule has 0 saturated heterocycles. The summed E-state index contributed by atoms with van der Waals surface area (Å²) in [6.45, 7) is 3.96. The Morgan fingerprint density at radius 3 is 2.46 bits per heavy atom. The summed E-state index contributed by atoms with van der Waals surface area (Å²) >= 11 is 12.0. The minimum Gasteiger partial charge on any atom is -0.457 e. The highest BCUT2D eigenvalue weighted by atomic mass is 35.5. The summed E-state index contributed by atoms with van der Waals surface area (Å²) in [5.74, 6) is 1.84. The molecule has 0 atom stereocenters. The number of allylic oxidation sites excluding steroid dienone is 1. The summed E-state index contributed by atoms with van der Waals surface area (Å²) in [6, 6.07) is 12.6. The average Bonchev–Trinajstić information content (AvgIpc) is 3.18. The second kappa shape index (κ2) is 6.35. The van der Waals surface area contributed by atoms with Crippen LogP contribution in [0.1, 0.15) is 27.2 Å². The lowest BCUT2D eigenvalue weighted by atomic mass is 10.0. The molecule has 0 spiro atoms. The standard InChI is InChI=1S/C21H14Cl2O3/c1-11-7-15-19(8-12(11)2)26-20(21(15)24)10-14-4-6-18(25-14)13-3-5-16(22)17(23)9-13/h3-10H,1-2H3/b20-10-. The van der Waals surface area contributed by atoms with E-state index in [0.29, 0.717) is 32.9 Å². The highest BCUT2D eigenvalue weighted by Gasteiger charge is 2.28. The Morgan fingerprint density at radius 1 is 0.923 bits per heavy atom. The fourth-order valence-corrected chi connectivity index (χ4v) is 3.11. The highest BCUT2D eigenvalue weighted by Crippen LogP contribution is 2.35. The van der Waals surface area contributed by atoms with Gasteiger partial charge in [0.1, 0.15) is 17.3 Å². The zero-order valence-corrected chi connectivity index (χ0v) is 15.6. The average molecular weight is 385 g/mol. The Morgan fingerprint density at radius 2 is 1.69 bits per heavy atom. The van der Waals surface area contributed by atoms with E-state index in [2.05, 4.69) is 0 Å². The van der Waals surface area contributed by atoms with Crippen LogP contribution in [0.15, 0.2) is 52.6 Å². The van der Waals surface area contributed by atoms with Gasteiger partial charge in [-0.25, -0.2) is 0 Å². The molecule has 0 fully saturated rings. The van der Waals surface area contributed by atoms with Crippen molar-refractivity contribution in [2.75, 3.05) is 0 Å². The molecule has 1 aromatic heterocycles. The lowest BCUT2D eigenvalue weighted by molar-refractivity contribution is 0.101. The van der Waals surface area contributed by atoms with E-state index in [-0.39, 0.29) is 11.5 Å². The summed E-state index contributed by atoms with van der Waals surface area (Å²) in [7, 11) is 0. The Balaban J connectivity index is 1.65. The number of carbonyl (C=O) groups is 1. The molecule has 0 N–H and O–H groups in total. The van der Waals surface area contributed by atoms with Crippen molar-refractivity contribution in [1.29, 1.82) is 0 Å². The zero-order valence-electron chi connectivity index (χ0n) is 14.1. The van der Waals surface area contributed by atoms with Crippen molar-refractivity contribution in [3.8, 4) is 17.1 Å². The number of halogens is 2. The summed E-state index contributed by atoms with van der Waals surface area (Å²) < 4.78 is 11.5. The third-order valence-electron chi connectivity index (χ3n) is 4.39. The van der Waals surface area contributed by atoms with Crippen LogP contribution in [0.4, 0.5) is 0 Å². The Kier molecular flexibility index (Phi) is 4.14. The normalized spacial score (nSPS) is 14.6. The van der Waals surface area contributed by atoms with Crippen molar-refractivity contribution in [2.24, 2.45) is 0 Å². The van der Waals surface area contributed by atoms with Crippen molar-refractivity contribution >= 4 is 35.1 Å². The van der Waals surface area contributed by atoms with Gasteiger partial charge in [0, 0.05) is 11.6 Å². The maximum Gasteiger partial charge on any atom is 0.232 e. The van der Waals surface area contributed by atoms with Crippen LogP contribution < -0.4 is 4.74 Å². The molecule has 0 radical (unpaired) electrons. The van der Waals surface area contributed by atoms with Gasteiger partial charge < -0.3 is 9.15 Å². The minimum absolute atomic E-state index is 0.143. The molecular formula is C21H14Cl2O3. The van der Waals surface area contributed by atoms with E-state index in [9.17, 15) is 4.79 Å². The Hall–Kier alpha value is -2.49. The monoisotopic (exact) mass is 384 g/mol. The van der Waals surface area contributed by atoms with Gasteiger partial charge in [-0.15, -0.1) is 0 Å². The second-order valence-corrected chi connectivity index (χ2v) is 7.02. The molecular weight excluding hydrogens is 371 g/mol. The predicted octanol–water partition coefficient (Wildman–Crippen LogP) is 6.49. The molecule has 2 heterocycles. The zero-order chi connectivity index (χ0) is 18.4. The van der Waals surface area contributed by atoms with E-state index >= 15 is 0 Å². The number of furan rings is 1. The molecule has 0 amide bonds. The molecule has 3 nitrogen and oxygen atoms in total. The number of rotatable bonds is 2. The van der Waals surface area contributed by atoms with Crippen molar-refractivity contribution in [3.05, 3.63) is 80.7 Å². The van der Waals surface area contributed by atoms with E-state index in [1.54, 1.807) is 24.3 Å². The van der Waals surface area contributed by atoms with E-state index in [0.717, 1.165) is 16.7 Å². The van der Waals surface area contributed by atoms with Crippen LogP contribution in [0, 0.1) is 13.8 Å². The van der Waals surface area contributed by atoms with Crippen LogP contribution >= 0.6 is 23.2 Å². The maximum absolute atomic E-state index is 12.6. The quantitative estimate of drug-likeness (QED) is 0.474. The van der Waals surface area contributed by atoms with Gasteiger partial charge in [-0.3, -0.25) is 4.79 Å². The van der Waals surface area contributed by atoms with Crippen LogP contribution in [0.2, 0.25) is 10.0 Å². The van der Waals surface area contributed by atoms with Gasteiger partial charge in [0.2, 0.25) is 5.78 Å².